The van der Waals surface area contributed by atoms with Crippen molar-refractivity contribution in [2.45, 2.75) is 5.92 Å². The van der Waals surface area contributed by atoms with Gasteiger partial charge in [-0.1, -0.05) is 17.3 Å². The average Bonchev–Trinajstić information content (AvgIpc) is 3.34. The van der Waals surface area contributed by atoms with Gasteiger partial charge >= 0.3 is 0 Å². The lowest BCUT2D eigenvalue weighted by molar-refractivity contribution is 0.0539. The van der Waals surface area contributed by atoms with Gasteiger partial charge in [0.15, 0.2) is 17.1 Å². The van der Waals surface area contributed by atoms with Crippen LogP contribution < -0.4 is 4.74 Å². The molecule has 0 saturated carbocycles. The maximum atomic E-state index is 12.7. The molecule has 28 heavy (non-hydrogen) atoms. The van der Waals surface area contributed by atoms with Gasteiger partial charge in [0.1, 0.15) is 0 Å². The zero-order valence-corrected chi connectivity index (χ0v) is 15.0. The molecule has 1 aliphatic rings. The maximum Gasteiger partial charge on any atom is 0.289 e. The van der Waals surface area contributed by atoms with Crippen LogP contribution >= 0.6 is 0 Å². The van der Waals surface area contributed by atoms with Crippen molar-refractivity contribution >= 4 is 16.9 Å². The smallest absolute Gasteiger partial charge is 0.289 e. The number of nitrogens with zero attached hydrogens (tertiary/aromatic N) is 4. The maximum absolute atomic E-state index is 12.7. The van der Waals surface area contributed by atoms with E-state index in [0.29, 0.717) is 41.9 Å². The van der Waals surface area contributed by atoms with Crippen LogP contribution in [0.2, 0.25) is 0 Å². The highest BCUT2D eigenvalue weighted by molar-refractivity contribution is 5.97. The molecule has 0 N–H and O–H groups in total. The van der Waals surface area contributed by atoms with E-state index in [1.165, 1.54) is 0 Å². The number of para-hydroxylation sites is 1. The van der Waals surface area contributed by atoms with Gasteiger partial charge in [0.2, 0.25) is 11.7 Å². The summed E-state index contributed by atoms with van der Waals surface area (Å²) in [5.41, 5.74) is 1.41. The second kappa shape index (κ2) is 6.49. The van der Waals surface area contributed by atoms with Gasteiger partial charge in [-0.05, 0) is 24.3 Å². The first-order chi connectivity index (χ1) is 13.7. The number of rotatable bonds is 4. The molecule has 1 aromatic carbocycles. The molecular weight excluding hydrogens is 360 g/mol. The molecular formula is C20H16N4O4. The molecule has 5 rings (SSSR count). The standard InChI is InChI=1S/C20H16N4O4/c1-26-15-4-2-3-13-9-16(27-17(13)15)20(25)24-10-14(11-24)19-22-18(23-28-19)12-5-7-21-8-6-12/h2-9,14H,10-11H2,1H3. The fourth-order valence-electron chi connectivity index (χ4n) is 3.28. The van der Waals surface area contributed by atoms with E-state index in [-0.39, 0.29) is 11.8 Å². The zero-order chi connectivity index (χ0) is 19.1. The van der Waals surface area contributed by atoms with E-state index in [1.54, 1.807) is 36.5 Å². The minimum Gasteiger partial charge on any atom is -0.493 e. The largest absolute Gasteiger partial charge is 0.493 e. The SMILES string of the molecule is COc1cccc2cc(C(=O)N3CC(c4nc(-c5ccncc5)no4)C3)oc12. The number of furan rings is 1. The van der Waals surface area contributed by atoms with Crippen LogP contribution in [0.5, 0.6) is 5.75 Å². The molecule has 4 aromatic rings. The summed E-state index contributed by atoms with van der Waals surface area (Å²) in [6.07, 6.45) is 3.36. The van der Waals surface area contributed by atoms with Crippen LogP contribution in [0.25, 0.3) is 22.4 Å². The Morgan fingerprint density at radius 2 is 2.04 bits per heavy atom. The third kappa shape index (κ3) is 2.70. The number of amides is 1. The van der Waals surface area contributed by atoms with Crippen molar-refractivity contribution in [2.24, 2.45) is 0 Å². The van der Waals surface area contributed by atoms with Gasteiger partial charge in [-0.3, -0.25) is 9.78 Å². The third-order valence-electron chi connectivity index (χ3n) is 4.84. The molecule has 4 heterocycles. The predicted octanol–water partition coefficient (Wildman–Crippen LogP) is 3.13. The number of likely N-dealkylation sites (tertiary alicyclic amines) is 1. The molecule has 3 aromatic heterocycles. The summed E-state index contributed by atoms with van der Waals surface area (Å²) < 4.78 is 16.4. The lowest BCUT2D eigenvalue weighted by Crippen LogP contribution is -2.48. The van der Waals surface area contributed by atoms with Crippen LogP contribution in [-0.4, -0.2) is 46.1 Å². The molecule has 0 spiro atoms. The van der Waals surface area contributed by atoms with Crippen molar-refractivity contribution < 1.29 is 18.5 Å². The van der Waals surface area contributed by atoms with Gasteiger partial charge in [0.05, 0.1) is 13.0 Å². The van der Waals surface area contributed by atoms with Gasteiger partial charge in [-0.2, -0.15) is 4.98 Å². The molecule has 1 amide bonds. The van der Waals surface area contributed by atoms with Crippen LogP contribution in [0.4, 0.5) is 0 Å². The topological polar surface area (TPSA) is 94.5 Å². The first-order valence-electron chi connectivity index (χ1n) is 8.83. The van der Waals surface area contributed by atoms with Gasteiger partial charge in [-0.25, -0.2) is 0 Å². The molecule has 0 bridgehead atoms. The predicted molar refractivity (Wildman–Crippen MR) is 98.9 cm³/mol. The number of carbonyl (C=O) groups is 1. The fourth-order valence-corrected chi connectivity index (χ4v) is 3.28. The minimum absolute atomic E-state index is 0.0194. The summed E-state index contributed by atoms with van der Waals surface area (Å²) in [7, 11) is 1.57. The summed E-state index contributed by atoms with van der Waals surface area (Å²) in [5.74, 6) is 1.80. The van der Waals surface area contributed by atoms with Crippen LogP contribution in [0, 0.1) is 0 Å². The Morgan fingerprint density at radius 1 is 1.21 bits per heavy atom. The van der Waals surface area contributed by atoms with Gasteiger partial charge in [0.25, 0.3) is 5.91 Å². The Bertz CT molecular complexity index is 1150. The number of carbonyl (C=O) groups excluding carboxylic acids is 1. The summed E-state index contributed by atoms with van der Waals surface area (Å²) in [5, 5.41) is 4.85. The van der Waals surface area contributed by atoms with Crippen LogP contribution in [0.15, 0.2) is 57.7 Å². The number of hydrogen-bond acceptors (Lipinski definition) is 7. The van der Waals surface area contributed by atoms with Crippen LogP contribution in [-0.2, 0) is 0 Å². The second-order valence-electron chi connectivity index (χ2n) is 6.59. The Labute approximate surface area is 159 Å². The number of hydrogen-bond donors (Lipinski definition) is 0. The van der Waals surface area contributed by atoms with E-state index < -0.39 is 0 Å². The lowest BCUT2D eigenvalue weighted by atomic mass is 10.00. The number of fused-ring (bicyclic) bond motifs is 1. The van der Waals surface area contributed by atoms with E-state index in [9.17, 15) is 4.79 Å². The number of aromatic nitrogens is 3. The molecule has 0 unspecified atom stereocenters. The molecule has 1 fully saturated rings. The van der Waals surface area contributed by atoms with Crippen molar-refractivity contribution in [3.05, 3.63) is 60.4 Å². The number of pyridine rings is 1. The Balaban J connectivity index is 1.29. The first-order valence-corrected chi connectivity index (χ1v) is 8.83. The molecule has 8 nitrogen and oxygen atoms in total. The normalized spacial score (nSPS) is 14.2. The molecule has 1 aliphatic heterocycles. The monoisotopic (exact) mass is 376 g/mol. The first kappa shape index (κ1) is 16.5. The fraction of sp³-hybridized carbons (Fsp3) is 0.200. The Morgan fingerprint density at radius 3 is 2.82 bits per heavy atom. The van der Waals surface area contributed by atoms with E-state index in [1.807, 2.05) is 24.3 Å². The number of methoxy groups -OCH3 is 1. The second-order valence-corrected chi connectivity index (χ2v) is 6.59. The van der Waals surface area contributed by atoms with Crippen molar-refractivity contribution in [1.29, 1.82) is 0 Å². The highest BCUT2D eigenvalue weighted by Crippen LogP contribution is 2.32. The summed E-state index contributed by atoms with van der Waals surface area (Å²) in [6.45, 7) is 1.01. The summed E-state index contributed by atoms with van der Waals surface area (Å²) in [4.78, 5) is 22.8. The van der Waals surface area contributed by atoms with Gasteiger partial charge in [-0.15, -0.1) is 0 Å². The molecule has 0 radical (unpaired) electrons. The quantitative estimate of drug-likeness (QED) is 0.540. The Kier molecular flexibility index (Phi) is 3.82. The van der Waals surface area contributed by atoms with E-state index >= 15 is 0 Å². The molecule has 0 aliphatic carbocycles. The third-order valence-corrected chi connectivity index (χ3v) is 4.84. The van der Waals surface area contributed by atoms with Crippen molar-refractivity contribution in [1.82, 2.24) is 20.0 Å². The molecule has 1 saturated heterocycles. The van der Waals surface area contributed by atoms with Gasteiger partial charge in [0, 0.05) is 36.4 Å². The van der Waals surface area contributed by atoms with Gasteiger partial charge < -0.3 is 18.6 Å². The van der Waals surface area contributed by atoms with Crippen molar-refractivity contribution in [3.8, 4) is 17.1 Å². The number of ether oxygens (including phenoxy) is 1. The average molecular weight is 376 g/mol. The van der Waals surface area contributed by atoms with Crippen molar-refractivity contribution in [2.75, 3.05) is 20.2 Å². The van der Waals surface area contributed by atoms with Crippen LogP contribution in [0.1, 0.15) is 22.4 Å². The molecule has 8 heteroatoms. The van der Waals surface area contributed by atoms with E-state index in [0.717, 1.165) is 10.9 Å². The molecule has 0 atom stereocenters. The van der Waals surface area contributed by atoms with E-state index in [4.69, 9.17) is 13.7 Å². The van der Waals surface area contributed by atoms with Crippen LogP contribution in [0.3, 0.4) is 0 Å². The summed E-state index contributed by atoms with van der Waals surface area (Å²) in [6, 6.07) is 10.9. The minimum atomic E-state index is -0.164. The molecule has 140 valence electrons. The zero-order valence-electron chi connectivity index (χ0n) is 15.0. The number of benzene rings is 1. The summed E-state index contributed by atoms with van der Waals surface area (Å²) >= 11 is 0. The van der Waals surface area contributed by atoms with Crippen molar-refractivity contribution in [3.63, 3.8) is 0 Å². The lowest BCUT2D eigenvalue weighted by Gasteiger charge is -2.36. The Hall–Kier alpha value is -3.68. The van der Waals surface area contributed by atoms with E-state index in [2.05, 4.69) is 15.1 Å². The highest BCUT2D eigenvalue weighted by atomic mass is 16.5. The highest BCUT2D eigenvalue weighted by Gasteiger charge is 2.37.